The van der Waals surface area contributed by atoms with E-state index in [0.717, 1.165) is 17.0 Å². The highest BCUT2D eigenvalue weighted by molar-refractivity contribution is 5.49. The number of anilines is 1. The van der Waals surface area contributed by atoms with Gasteiger partial charge in [-0.1, -0.05) is 18.2 Å². The maximum Gasteiger partial charge on any atom is 0.269 e. The van der Waals surface area contributed by atoms with Crippen LogP contribution in [-0.2, 0) is 6.54 Å². The van der Waals surface area contributed by atoms with Crippen LogP contribution in [0.2, 0.25) is 0 Å². The van der Waals surface area contributed by atoms with Crippen LogP contribution < -0.4 is 10.1 Å². The molecule has 0 heterocycles. The summed E-state index contributed by atoms with van der Waals surface area (Å²) in [5.41, 5.74) is 1.97. The summed E-state index contributed by atoms with van der Waals surface area (Å²) in [6.07, 6.45) is 0.116. The molecule has 0 saturated heterocycles. The third-order valence-corrected chi connectivity index (χ3v) is 2.90. The molecule has 0 fully saturated rings. The fourth-order valence-electron chi connectivity index (χ4n) is 1.92. The molecule has 0 atom stereocenters. The second-order valence-electron chi connectivity index (χ2n) is 4.93. The number of nitro benzene ring substituents is 1. The lowest BCUT2D eigenvalue weighted by Gasteiger charge is -2.15. The Hall–Kier alpha value is -2.56. The van der Waals surface area contributed by atoms with Gasteiger partial charge in [0.2, 0.25) is 0 Å². The second-order valence-corrected chi connectivity index (χ2v) is 4.93. The lowest BCUT2D eigenvalue weighted by atomic mass is 10.2. The van der Waals surface area contributed by atoms with Crippen LogP contribution in [0.25, 0.3) is 0 Å². The van der Waals surface area contributed by atoms with E-state index >= 15 is 0 Å². The molecule has 1 N–H and O–H groups in total. The number of nitrogens with zero attached hydrogens (tertiary/aromatic N) is 1. The van der Waals surface area contributed by atoms with E-state index < -0.39 is 4.92 Å². The van der Waals surface area contributed by atoms with Crippen LogP contribution >= 0.6 is 0 Å². The molecule has 0 unspecified atom stereocenters. The SMILES string of the molecule is CC(C)Oc1ccccc1CNc1ccc([N+](=O)[O-])cc1. The molecular weight excluding hydrogens is 268 g/mol. The Morgan fingerprint density at radius 2 is 1.81 bits per heavy atom. The van der Waals surface area contributed by atoms with Crippen molar-refractivity contribution in [3.05, 3.63) is 64.2 Å². The van der Waals surface area contributed by atoms with Crippen molar-refractivity contribution in [3.63, 3.8) is 0 Å². The van der Waals surface area contributed by atoms with Gasteiger partial charge in [-0.15, -0.1) is 0 Å². The van der Waals surface area contributed by atoms with Gasteiger partial charge in [-0.2, -0.15) is 0 Å². The standard InChI is InChI=1S/C16H18N2O3/c1-12(2)21-16-6-4-3-5-13(16)11-17-14-7-9-15(10-8-14)18(19)20/h3-10,12,17H,11H2,1-2H3. The molecule has 0 aliphatic carbocycles. The first kappa shape index (κ1) is 14.8. The van der Waals surface area contributed by atoms with Gasteiger partial charge in [0, 0.05) is 29.9 Å². The topological polar surface area (TPSA) is 64.4 Å². The molecule has 0 aliphatic rings. The first-order chi connectivity index (χ1) is 10.1. The number of benzene rings is 2. The summed E-state index contributed by atoms with van der Waals surface area (Å²) in [6.45, 7) is 4.57. The van der Waals surface area contributed by atoms with Crippen molar-refractivity contribution in [3.8, 4) is 5.75 Å². The van der Waals surface area contributed by atoms with E-state index in [0.29, 0.717) is 6.54 Å². The summed E-state index contributed by atoms with van der Waals surface area (Å²) in [5.74, 6) is 0.849. The number of ether oxygens (including phenoxy) is 1. The molecule has 5 nitrogen and oxygen atoms in total. The van der Waals surface area contributed by atoms with Crippen molar-refractivity contribution in [2.75, 3.05) is 5.32 Å². The highest BCUT2D eigenvalue weighted by Gasteiger charge is 2.06. The Balaban J connectivity index is 2.04. The van der Waals surface area contributed by atoms with Gasteiger partial charge >= 0.3 is 0 Å². The minimum absolute atomic E-state index is 0.0871. The highest BCUT2D eigenvalue weighted by Crippen LogP contribution is 2.21. The summed E-state index contributed by atoms with van der Waals surface area (Å²) in [7, 11) is 0. The molecule has 0 radical (unpaired) electrons. The molecule has 2 aromatic carbocycles. The largest absolute Gasteiger partial charge is 0.491 e. The average molecular weight is 286 g/mol. The number of non-ortho nitro benzene ring substituents is 1. The second kappa shape index (κ2) is 6.74. The first-order valence-corrected chi connectivity index (χ1v) is 6.79. The summed E-state index contributed by atoms with van der Waals surface area (Å²) >= 11 is 0. The molecule has 2 aromatic rings. The number of para-hydroxylation sites is 1. The summed E-state index contributed by atoms with van der Waals surface area (Å²) in [6, 6.07) is 14.2. The van der Waals surface area contributed by atoms with Gasteiger partial charge in [0.15, 0.2) is 0 Å². The molecule has 5 heteroatoms. The predicted octanol–water partition coefficient (Wildman–Crippen LogP) is 3.99. The molecule has 2 rings (SSSR count). The van der Waals surface area contributed by atoms with Crippen LogP contribution in [0, 0.1) is 10.1 Å². The fraction of sp³-hybridized carbons (Fsp3) is 0.250. The quantitative estimate of drug-likeness (QED) is 0.644. The van der Waals surface area contributed by atoms with E-state index in [2.05, 4.69) is 5.32 Å². The van der Waals surface area contributed by atoms with Crippen LogP contribution in [0.1, 0.15) is 19.4 Å². The zero-order valence-electron chi connectivity index (χ0n) is 12.1. The molecule has 0 bridgehead atoms. The number of hydrogen-bond donors (Lipinski definition) is 1. The molecular formula is C16H18N2O3. The Bertz CT molecular complexity index is 609. The minimum atomic E-state index is -0.407. The minimum Gasteiger partial charge on any atom is -0.491 e. The van der Waals surface area contributed by atoms with Crippen molar-refractivity contribution in [1.82, 2.24) is 0 Å². The van der Waals surface area contributed by atoms with E-state index in [9.17, 15) is 10.1 Å². The fourth-order valence-corrected chi connectivity index (χ4v) is 1.92. The Morgan fingerprint density at radius 1 is 1.14 bits per heavy atom. The predicted molar refractivity (Wildman–Crippen MR) is 82.6 cm³/mol. The lowest BCUT2D eigenvalue weighted by molar-refractivity contribution is -0.384. The van der Waals surface area contributed by atoms with Crippen LogP contribution in [-0.4, -0.2) is 11.0 Å². The Kier molecular flexibility index (Phi) is 4.77. The number of rotatable bonds is 6. The van der Waals surface area contributed by atoms with Gasteiger partial charge in [0.1, 0.15) is 5.75 Å². The molecule has 0 saturated carbocycles. The average Bonchev–Trinajstić information content (AvgIpc) is 2.46. The summed E-state index contributed by atoms with van der Waals surface area (Å²) in [4.78, 5) is 10.2. The Labute approximate surface area is 123 Å². The third kappa shape index (κ3) is 4.21. The van der Waals surface area contributed by atoms with E-state index in [-0.39, 0.29) is 11.8 Å². The number of nitro groups is 1. The van der Waals surface area contributed by atoms with Crippen LogP contribution in [0.15, 0.2) is 48.5 Å². The van der Waals surface area contributed by atoms with Gasteiger partial charge in [0.05, 0.1) is 11.0 Å². The monoisotopic (exact) mass is 286 g/mol. The molecule has 0 spiro atoms. The van der Waals surface area contributed by atoms with Crippen molar-refractivity contribution < 1.29 is 9.66 Å². The molecule has 21 heavy (non-hydrogen) atoms. The third-order valence-electron chi connectivity index (χ3n) is 2.90. The van der Waals surface area contributed by atoms with Crippen LogP contribution in [0.4, 0.5) is 11.4 Å². The van der Waals surface area contributed by atoms with Gasteiger partial charge in [-0.05, 0) is 32.0 Å². The zero-order valence-corrected chi connectivity index (χ0v) is 12.1. The van der Waals surface area contributed by atoms with Crippen molar-refractivity contribution >= 4 is 11.4 Å². The first-order valence-electron chi connectivity index (χ1n) is 6.79. The lowest BCUT2D eigenvalue weighted by Crippen LogP contribution is -2.09. The van der Waals surface area contributed by atoms with Gasteiger partial charge < -0.3 is 10.1 Å². The molecule has 110 valence electrons. The number of nitrogens with one attached hydrogen (secondary N) is 1. The molecule has 0 aliphatic heterocycles. The van der Waals surface area contributed by atoms with Gasteiger partial charge in [-0.3, -0.25) is 10.1 Å². The highest BCUT2D eigenvalue weighted by atomic mass is 16.6. The summed E-state index contributed by atoms with van der Waals surface area (Å²) < 4.78 is 5.76. The zero-order chi connectivity index (χ0) is 15.2. The number of hydrogen-bond acceptors (Lipinski definition) is 4. The van der Waals surface area contributed by atoms with E-state index in [1.807, 2.05) is 38.1 Å². The van der Waals surface area contributed by atoms with Crippen molar-refractivity contribution in [2.45, 2.75) is 26.5 Å². The van der Waals surface area contributed by atoms with Gasteiger partial charge in [-0.25, -0.2) is 0 Å². The van der Waals surface area contributed by atoms with Crippen molar-refractivity contribution in [2.24, 2.45) is 0 Å². The van der Waals surface area contributed by atoms with E-state index in [1.54, 1.807) is 12.1 Å². The molecule has 0 aromatic heterocycles. The normalized spacial score (nSPS) is 10.4. The molecule has 0 amide bonds. The summed E-state index contributed by atoms with van der Waals surface area (Å²) in [5, 5.41) is 13.8. The smallest absolute Gasteiger partial charge is 0.269 e. The van der Waals surface area contributed by atoms with Gasteiger partial charge in [0.25, 0.3) is 5.69 Å². The Morgan fingerprint density at radius 3 is 2.43 bits per heavy atom. The van der Waals surface area contributed by atoms with E-state index in [1.165, 1.54) is 12.1 Å². The van der Waals surface area contributed by atoms with Crippen molar-refractivity contribution in [1.29, 1.82) is 0 Å². The van der Waals surface area contributed by atoms with Crippen LogP contribution in [0.5, 0.6) is 5.75 Å². The maximum atomic E-state index is 10.6. The van der Waals surface area contributed by atoms with Crippen LogP contribution in [0.3, 0.4) is 0 Å². The van der Waals surface area contributed by atoms with E-state index in [4.69, 9.17) is 4.74 Å². The maximum absolute atomic E-state index is 10.6.